The van der Waals surface area contributed by atoms with Crippen molar-refractivity contribution >= 4 is 78.5 Å². The molecule has 0 aliphatic heterocycles. The summed E-state index contributed by atoms with van der Waals surface area (Å²) < 4.78 is 1.13. The molecule has 20 rings (SSSR count). The first kappa shape index (κ1) is 62.5. The minimum Gasteiger partial charge on any atom is -0.356 e. The van der Waals surface area contributed by atoms with Crippen molar-refractivity contribution in [2.45, 2.75) is 10.8 Å². The highest BCUT2D eigenvalue weighted by atomic mass is 79.9. The normalized spacial score (nSPS) is 12.7. The van der Waals surface area contributed by atoms with Crippen LogP contribution in [-0.4, -0.2) is 0 Å². The summed E-state index contributed by atoms with van der Waals surface area (Å²) in [5, 5.41) is 3.43. The van der Waals surface area contributed by atoms with Gasteiger partial charge in [0.05, 0.1) is 10.8 Å². The molecule has 16 aromatic carbocycles. The highest BCUT2D eigenvalue weighted by Gasteiger charge is 2.53. The number of anilines is 11. The van der Waals surface area contributed by atoms with E-state index in [1.54, 1.807) is 0 Å². The summed E-state index contributed by atoms with van der Waals surface area (Å²) in [5.74, 6) is 0. The van der Waals surface area contributed by atoms with Crippen molar-refractivity contribution in [1.82, 2.24) is 0 Å². The van der Waals surface area contributed by atoms with E-state index in [2.05, 4.69) is 418 Å². The summed E-state index contributed by atoms with van der Waals surface area (Å²) in [6.07, 6.45) is 0. The Morgan fingerprint density at radius 1 is 0.175 bits per heavy atom. The maximum atomic E-state index is 3.72. The van der Waals surface area contributed by atoms with E-state index in [0.29, 0.717) is 0 Å². The van der Waals surface area contributed by atoms with Crippen LogP contribution in [0.2, 0.25) is 0 Å². The molecule has 0 aromatic heterocycles. The van der Waals surface area contributed by atoms with E-state index in [-0.39, 0.29) is 5.41 Å². The van der Waals surface area contributed by atoms with E-state index in [1.807, 2.05) is 30.3 Å². The first-order valence-corrected chi connectivity index (χ1v) is 36.0. The number of halogens is 1. The van der Waals surface area contributed by atoms with Crippen molar-refractivity contribution in [1.29, 1.82) is 0 Å². The molecule has 0 amide bonds. The molecule has 0 saturated carbocycles. The summed E-state index contributed by atoms with van der Waals surface area (Å²) >= 11 is 3.72. The zero-order valence-electron chi connectivity index (χ0n) is 56.5. The van der Waals surface area contributed by atoms with Gasteiger partial charge in [0.1, 0.15) is 0 Å². The zero-order chi connectivity index (χ0) is 68.7. The lowest BCUT2D eigenvalue weighted by Gasteiger charge is -2.32. The lowest BCUT2D eigenvalue weighted by atomic mass is 9.70. The van der Waals surface area contributed by atoms with Crippen LogP contribution in [0.5, 0.6) is 0 Å². The molecule has 4 aliphatic rings. The minimum absolute atomic E-state index is 0.219. The van der Waals surface area contributed by atoms with Crippen molar-refractivity contribution in [3.8, 4) is 44.5 Å². The van der Waals surface area contributed by atoms with Gasteiger partial charge in [0.2, 0.25) is 0 Å². The molecular weight excluding hydrogens is 1310 g/mol. The first-order valence-electron chi connectivity index (χ1n) is 35.2. The van der Waals surface area contributed by atoms with Crippen LogP contribution in [0, 0.1) is 0 Å². The van der Waals surface area contributed by atoms with Gasteiger partial charge in [-0.1, -0.05) is 283 Å². The summed E-state index contributed by atoms with van der Waals surface area (Å²) in [6, 6.07) is 148. The van der Waals surface area contributed by atoms with Crippen molar-refractivity contribution < 1.29 is 0 Å². The predicted molar refractivity (Wildman–Crippen MR) is 433 cm³/mol. The average Bonchev–Trinajstić information content (AvgIpc) is 1.52. The van der Waals surface area contributed by atoms with Gasteiger partial charge < -0.3 is 20.0 Å². The summed E-state index contributed by atoms with van der Waals surface area (Å²) in [5.41, 5.74) is 33.2. The number of nitrogens with one attached hydrogen (secondary N) is 1. The van der Waals surface area contributed by atoms with Crippen molar-refractivity contribution in [2.24, 2.45) is 0 Å². The fraction of sp³-hybridized carbons (Fsp3) is 0.0204. The van der Waals surface area contributed by atoms with E-state index >= 15 is 0 Å². The number of fused-ring (bicyclic) bond motifs is 20. The zero-order valence-corrected chi connectivity index (χ0v) is 58.1. The molecule has 0 heterocycles. The number of para-hydroxylation sites is 6. The molecule has 2 spiro atoms. The Morgan fingerprint density at radius 3 is 0.709 bits per heavy atom. The molecule has 0 unspecified atom stereocenters. The number of hydrogen-bond donors (Lipinski definition) is 1. The van der Waals surface area contributed by atoms with Crippen LogP contribution in [0.15, 0.2) is 417 Å². The second-order valence-corrected chi connectivity index (χ2v) is 27.3. The maximum Gasteiger partial charge on any atom is 0.0726 e. The molecule has 0 atom stereocenters. The quantitative estimate of drug-likeness (QED) is 0.139. The van der Waals surface area contributed by atoms with Crippen LogP contribution >= 0.6 is 15.9 Å². The Morgan fingerprint density at radius 2 is 0.388 bits per heavy atom. The monoisotopic (exact) mass is 1380 g/mol. The summed E-state index contributed by atoms with van der Waals surface area (Å²) in [7, 11) is 0. The standard InChI is InChI=1S/C49H34N2.C25H15Br.C24H20N2/c1-4-16-35(17-5-1)50(36-18-6-2-7-19-36)38-28-30-39(31-29-38)51(37-20-8-3-9-21-37)40-32-33-44-43-24-12-15-27-47(43)49(48(44)34-40)45-25-13-10-22-41(45)42-23-11-14-26-46(42)49;26-16-13-14-20-19-9-3-6-12-23(19)25(24(20)15-16)21-10-4-1-7-17(21)18-8-2-5-11-22(18)25;1-4-10-20(11-5-1)25-21-16-18-24(19-17-21)26(22-12-6-2-7-13-22)23-14-8-3-9-15-23/h1-34H;1-15H;1-19,25H. The summed E-state index contributed by atoms with van der Waals surface area (Å²) in [4.78, 5) is 6.96. The highest BCUT2D eigenvalue weighted by molar-refractivity contribution is 9.10. The molecule has 1 N–H and O–H groups in total. The third-order valence-corrected chi connectivity index (χ3v) is 21.3. The third kappa shape index (κ3) is 10.7. The molecule has 488 valence electrons. The van der Waals surface area contributed by atoms with E-state index in [0.717, 1.165) is 67.0 Å². The Labute approximate surface area is 611 Å². The molecular formula is C98H69BrN4. The van der Waals surface area contributed by atoms with Crippen LogP contribution in [0.4, 0.5) is 62.6 Å². The van der Waals surface area contributed by atoms with Crippen LogP contribution in [0.1, 0.15) is 44.5 Å². The van der Waals surface area contributed by atoms with Gasteiger partial charge in [-0.05, 0) is 235 Å². The fourth-order valence-electron chi connectivity index (χ4n) is 16.6. The Kier molecular flexibility index (Phi) is 16.2. The van der Waals surface area contributed by atoms with Crippen LogP contribution < -0.4 is 20.0 Å². The Hall–Kier alpha value is -12.8. The molecule has 0 saturated heterocycles. The van der Waals surface area contributed by atoms with Gasteiger partial charge in [-0.15, -0.1) is 0 Å². The minimum atomic E-state index is -0.396. The van der Waals surface area contributed by atoms with Gasteiger partial charge in [0.25, 0.3) is 0 Å². The van der Waals surface area contributed by atoms with Crippen LogP contribution in [-0.2, 0) is 10.8 Å². The molecule has 0 radical (unpaired) electrons. The highest BCUT2D eigenvalue weighted by Crippen LogP contribution is 2.65. The van der Waals surface area contributed by atoms with E-state index in [1.165, 1.54) is 89.0 Å². The van der Waals surface area contributed by atoms with Gasteiger partial charge in [0, 0.05) is 67.0 Å². The van der Waals surface area contributed by atoms with E-state index < -0.39 is 5.41 Å². The van der Waals surface area contributed by atoms with Crippen molar-refractivity contribution in [3.05, 3.63) is 461 Å². The number of hydrogen-bond acceptors (Lipinski definition) is 4. The molecule has 5 heteroatoms. The van der Waals surface area contributed by atoms with Crippen LogP contribution in [0.3, 0.4) is 0 Å². The molecule has 0 fully saturated rings. The SMILES string of the molecule is Brc1ccc2c(c1)C1(c3ccccc3-c3ccccc31)c1ccccc1-2.c1ccc(N(c2ccccc2)c2ccc(N(c3ccccc3)c3ccc4c(c3)C3(c5ccccc5-c5ccccc53)c3ccccc3-4)cc2)cc1.c1ccc(Nc2ccc(N(c3ccccc3)c3ccccc3)cc2)cc1. The topological polar surface area (TPSA) is 21.8 Å². The van der Waals surface area contributed by atoms with Crippen molar-refractivity contribution in [2.75, 3.05) is 20.0 Å². The molecule has 4 nitrogen and oxygen atoms in total. The fourth-order valence-corrected chi connectivity index (χ4v) is 17.0. The third-order valence-electron chi connectivity index (χ3n) is 20.8. The van der Waals surface area contributed by atoms with Gasteiger partial charge in [-0.2, -0.15) is 0 Å². The second-order valence-electron chi connectivity index (χ2n) is 26.4. The smallest absolute Gasteiger partial charge is 0.0726 e. The number of benzene rings is 16. The Bertz CT molecular complexity index is 5530. The lowest BCUT2D eigenvalue weighted by molar-refractivity contribution is 0.793. The predicted octanol–water partition coefficient (Wildman–Crippen LogP) is 26.7. The summed E-state index contributed by atoms with van der Waals surface area (Å²) in [6.45, 7) is 0. The number of rotatable bonds is 11. The van der Waals surface area contributed by atoms with Gasteiger partial charge >= 0.3 is 0 Å². The Balaban J connectivity index is 0.000000122. The van der Waals surface area contributed by atoms with E-state index in [9.17, 15) is 0 Å². The molecule has 4 aliphatic carbocycles. The second kappa shape index (κ2) is 26.7. The molecule has 16 aromatic rings. The average molecular weight is 1380 g/mol. The first-order chi connectivity index (χ1) is 51.0. The van der Waals surface area contributed by atoms with Gasteiger partial charge in [-0.25, -0.2) is 0 Å². The number of nitrogens with zero attached hydrogens (tertiary/aromatic N) is 3. The van der Waals surface area contributed by atoms with Crippen molar-refractivity contribution in [3.63, 3.8) is 0 Å². The molecule has 103 heavy (non-hydrogen) atoms. The maximum absolute atomic E-state index is 3.72. The lowest BCUT2D eigenvalue weighted by Crippen LogP contribution is -2.26. The van der Waals surface area contributed by atoms with Gasteiger partial charge in [0.15, 0.2) is 0 Å². The molecule has 0 bridgehead atoms. The van der Waals surface area contributed by atoms with Crippen LogP contribution in [0.25, 0.3) is 44.5 Å². The largest absolute Gasteiger partial charge is 0.356 e. The van der Waals surface area contributed by atoms with E-state index in [4.69, 9.17) is 0 Å². The van der Waals surface area contributed by atoms with Gasteiger partial charge in [-0.3, -0.25) is 0 Å².